The Labute approximate surface area is 115 Å². The fourth-order valence-electron chi connectivity index (χ4n) is 2.19. The van der Waals surface area contributed by atoms with Gasteiger partial charge in [-0.25, -0.2) is 0 Å². The zero-order valence-corrected chi connectivity index (χ0v) is 11.4. The lowest BCUT2D eigenvalue weighted by Gasteiger charge is -2.36. The van der Waals surface area contributed by atoms with Gasteiger partial charge in [-0.15, -0.1) is 24.8 Å². The van der Waals surface area contributed by atoms with Crippen LogP contribution >= 0.6 is 24.8 Å². The maximum absolute atomic E-state index is 5.91. The Morgan fingerprint density at radius 3 is 2.53 bits per heavy atom. The molecule has 17 heavy (non-hydrogen) atoms. The Hall–Kier alpha value is -0.350. The monoisotopic (exact) mass is 278 g/mol. The van der Waals surface area contributed by atoms with E-state index >= 15 is 0 Å². The summed E-state index contributed by atoms with van der Waals surface area (Å²) < 4.78 is 5.39. The molecule has 1 fully saturated rings. The highest BCUT2D eigenvalue weighted by Gasteiger charge is 2.31. The highest BCUT2D eigenvalue weighted by atomic mass is 35.5. The van der Waals surface area contributed by atoms with Crippen molar-refractivity contribution in [2.75, 3.05) is 19.8 Å². The van der Waals surface area contributed by atoms with Crippen LogP contribution in [0.4, 0.5) is 0 Å². The van der Waals surface area contributed by atoms with Crippen molar-refractivity contribution >= 4 is 24.8 Å². The van der Waals surface area contributed by atoms with Crippen LogP contribution in [0.1, 0.15) is 18.4 Å². The molecule has 0 saturated carbocycles. The SMILES string of the molecule is Cl.Cl.NCC1(Cc2cccnc2)CCOCC1. The van der Waals surface area contributed by atoms with Crippen molar-refractivity contribution < 1.29 is 4.74 Å². The number of ether oxygens (including phenoxy) is 1. The topological polar surface area (TPSA) is 48.1 Å². The van der Waals surface area contributed by atoms with Gasteiger partial charge in [-0.05, 0) is 42.9 Å². The Morgan fingerprint density at radius 1 is 1.29 bits per heavy atom. The van der Waals surface area contributed by atoms with Crippen molar-refractivity contribution in [2.24, 2.45) is 11.1 Å². The molecule has 0 aliphatic carbocycles. The van der Waals surface area contributed by atoms with E-state index in [4.69, 9.17) is 10.5 Å². The quantitative estimate of drug-likeness (QED) is 0.923. The molecule has 0 aromatic carbocycles. The highest BCUT2D eigenvalue weighted by molar-refractivity contribution is 5.85. The molecule has 2 heterocycles. The number of hydrogen-bond acceptors (Lipinski definition) is 3. The van der Waals surface area contributed by atoms with Crippen LogP contribution in [0.5, 0.6) is 0 Å². The molecule has 1 saturated heterocycles. The first kappa shape index (κ1) is 16.6. The van der Waals surface area contributed by atoms with E-state index < -0.39 is 0 Å². The summed E-state index contributed by atoms with van der Waals surface area (Å²) in [5.74, 6) is 0. The van der Waals surface area contributed by atoms with Crippen LogP contribution in [-0.4, -0.2) is 24.7 Å². The fraction of sp³-hybridized carbons (Fsp3) is 0.583. The Balaban J connectivity index is 0.00000128. The van der Waals surface area contributed by atoms with Crippen LogP contribution < -0.4 is 5.73 Å². The molecular formula is C12H20Cl2N2O. The molecule has 1 aliphatic rings. The van der Waals surface area contributed by atoms with E-state index in [1.165, 1.54) is 5.56 Å². The summed E-state index contributed by atoms with van der Waals surface area (Å²) in [6.45, 7) is 2.43. The zero-order valence-electron chi connectivity index (χ0n) is 9.80. The van der Waals surface area contributed by atoms with Gasteiger partial charge in [-0.2, -0.15) is 0 Å². The van der Waals surface area contributed by atoms with Gasteiger partial charge < -0.3 is 10.5 Å². The number of pyridine rings is 1. The van der Waals surface area contributed by atoms with E-state index in [0.717, 1.165) is 39.0 Å². The third-order valence-electron chi connectivity index (χ3n) is 3.29. The number of nitrogens with zero attached hydrogens (tertiary/aromatic N) is 1. The van der Waals surface area contributed by atoms with Gasteiger partial charge in [-0.1, -0.05) is 6.07 Å². The predicted octanol–water partition coefficient (Wildman–Crippen LogP) is 2.22. The van der Waals surface area contributed by atoms with Crippen molar-refractivity contribution in [3.63, 3.8) is 0 Å². The molecule has 2 rings (SSSR count). The van der Waals surface area contributed by atoms with Crippen molar-refractivity contribution in [3.05, 3.63) is 30.1 Å². The molecule has 0 radical (unpaired) electrons. The van der Waals surface area contributed by atoms with Gasteiger partial charge in [0.05, 0.1) is 0 Å². The number of rotatable bonds is 3. The minimum atomic E-state index is 0. The molecular weight excluding hydrogens is 259 g/mol. The van der Waals surface area contributed by atoms with Crippen molar-refractivity contribution in [2.45, 2.75) is 19.3 Å². The predicted molar refractivity (Wildman–Crippen MR) is 74.0 cm³/mol. The molecule has 0 bridgehead atoms. The molecule has 3 nitrogen and oxygen atoms in total. The Kier molecular flexibility index (Phi) is 7.71. The molecule has 5 heteroatoms. The fourth-order valence-corrected chi connectivity index (χ4v) is 2.19. The van der Waals surface area contributed by atoms with Gasteiger partial charge in [-0.3, -0.25) is 4.98 Å². The van der Waals surface area contributed by atoms with Crippen LogP contribution in [0.3, 0.4) is 0 Å². The van der Waals surface area contributed by atoms with Gasteiger partial charge in [0.2, 0.25) is 0 Å². The van der Waals surface area contributed by atoms with Gasteiger partial charge in [0, 0.05) is 25.6 Å². The van der Waals surface area contributed by atoms with Crippen molar-refractivity contribution in [1.82, 2.24) is 4.98 Å². The summed E-state index contributed by atoms with van der Waals surface area (Å²) >= 11 is 0. The van der Waals surface area contributed by atoms with E-state index in [2.05, 4.69) is 11.1 Å². The molecule has 1 aliphatic heterocycles. The molecule has 0 unspecified atom stereocenters. The Bertz CT molecular complexity index is 303. The minimum absolute atomic E-state index is 0. The molecule has 98 valence electrons. The van der Waals surface area contributed by atoms with Crippen LogP contribution in [-0.2, 0) is 11.2 Å². The summed E-state index contributed by atoms with van der Waals surface area (Å²) in [7, 11) is 0. The number of aromatic nitrogens is 1. The average molecular weight is 279 g/mol. The minimum Gasteiger partial charge on any atom is -0.381 e. The van der Waals surface area contributed by atoms with Crippen LogP contribution in [0.2, 0.25) is 0 Å². The largest absolute Gasteiger partial charge is 0.381 e. The second-order valence-corrected chi connectivity index (χ2v) is 4.35. The Morgan fingerprint density at radius 2 is 2.00 bits per heavy atom. The van der Waals surface area contributed by atoms with Gasteiger partial charge in [0.1, 0.15) is 0 Å². The number of halogens is 2. The lowest BCUT2D eigenvalue weighted by molar-refractivity contribution is 0.0191. The summed E-state index contributed by atoms with van der Waals surface area (Å²) in [6, 6.07) is 4.11. The standard InChI is InChI=1S/C12H18N2O.2ClH/c13-10-12(3-6-15-7-4-12)8-11-2-1-5-14-9-11;;/h1-2,5,9H,3-4,6-8,10,13H2;2*1H. The van der Waals surface area contributed by atoms with E-state index in [1.807, 2.05) is 18.5 Å². The van der Waals surface area contributed by atoms with E-state index in [9.17, 15) is 0 Å². The lowest BCUT2D eigenvalue weighted by atomic mass is 9.75. The third kappa shape index (κ3) is 4.43. The van der Waals surface area contributed by atoms with Crippen LogP contribution in [0.25, 0.3) is 0 Å². The van der Waals surface area contributed by atoms with E-state index in [-0.39, 0.29) is 30.2 Å². The summed E-state index contributed by atoms with van der Waals surface area (Å²) in [6.07, 6.45) is 6.91. The third-order valence-corrected chi connectivity index (χ3v) is 3.29. The lowest BCUT2D eigenvalue weighted by Crippen LogP contribution is -2.38. The van der Waals surface area contributed by atoms with E-state index in [0.29, 0.717) is 0 Å². The van der Waals surface area contributed by atoms with Gasteiger partial charge >= 0.3 is 0 Å². The first-order valence-corrected chi connectivity index (χ1v) is 5.51. The summed E-state index contributed by atoms with van der Waals surface area (Å²) in [5.41, 5.74) is 7.43. The van der Waals surface area contributed by atoms with E-state index in [1.54, 1.807) is 0 Å². The first-order chi connectivity index (χ1) is 7.35. The van der Waals surface area contributed by atoms with Gasteiger partial charge in [0.15, 0.2) is 0 Å². The molecule has 0 atom stereocenters. The second-order valence-electron chi connectivity index (χ2n) is 4.35. The second kappa shape index (κ2) is 7.88. The van der Waals surface area contributed by atoms with Crippen LogP contribution in [0.15, 0.2) is 24.5 Å². The first-order valence-electron chi connectivity index (χ1n) is 5.51. The zero-order chi connectivity index (χ0) is 10.6. The highest BCUT2D eigenvalue weighted by Crippen LogP contribution is 2.32. The average Bonchev–Trinajstić information content (AvgIpc) is 2.32. The summed E-state index contributed by atoms with van der Waals surface area (Å²) in [4.78, 5) is 4.14. The maximum Gasteiger partial charge on any atom is 0.0471 e. The van der Waals surface area contributed by atoms with Crippen LogP contribution in [0, 0.1) is 5.41 Å². The molecule has 0 spiro atoms. The van der Waals surface area contributed by atoms with Crippen molar-refractivity contribution in [1.29, 1.82) is 0 Å². The molecule has 2 N–H and O–H groups in total. The van der Waals surface area contributed by atoms with Gasteiger partial charge in [0.25, 0.3) is 0 Å². The maximum atomic E-state index is 5.91. The summed E-state index contributed by atoms with van der Waals surface area (Å²) in [5, 5.41) is 0. The smallest absolute Gasteiger partial charge is 0.0471 e. The molecule has 1 aromatic rings. The number of hydrogen-bond donors (Lipinski definition) is 1. The number of nitrogens with two attached hydrogens (primary N) is 1. The normalized spacial score (nSPS) is 17.7. The molecule has 0 amide bonds. The van der Waals surface area contributed by atoms with Crippen molar-refractivity contribution in [3.8, 4) is 0 Å². The molecule has 1 aromatic heterocycles.